The summed E-state index contributed by atoms with van der Waals surface area (Å²) in [6.45, 7) is 5.02. The second-order valence-corrected chi connectivity index (χ2v) is 6.47. The zero-order valence-corrected chi connectivity index (χ0v) is 15.3. The molecule has 1 saturated carbocycles. The molecule has 2 rings (SSSR count). The van der Waals surface area contributed by atoms with Crippen molar-refractivity contribution in [2.75, 3.05) is 18.5 Å². The number of ether oxygens (including phenoxy) is 2. The van der Waals surface area contributed by atoms with Gasteiger partial charge in [0.05, 0.1) is 12.2 Å². The Labute approximate surface area is 150 Å². The average molecular weight is 344 g/mol. The van der Waals surface area contributed by atoms with Crippen LogP contribution in [0.2, 0.25) is 0 Å². The van der Waals surface area contributed by atoms with Gasteiger partial charge in [0.1, 0.15) is 17.4 Å². The van der Waals surface area contributed by atoms with Gasteiger partial charge in [0, 0.05) is 12.3 Å². The summed E-state index contributed by atoms with van der Waals surface area (Å²) < 4.78 is 11.5. The van der Waals surface area contributed by atoms with E-state index in [2.05, 4.69) is 11.4 Å². The number of benzene rings is 1. The third kappa shape index (κ3) is 4.96. The van der Waals surface area contributed by atoms with E-state index in [1.807, 2.05) is 13.8 Å². The standard InChI is InChI=1S/C20H28N2O3/c1-3-13-24-18-10-9-17(14-16(18)15-21)22-19(23)20(25-4-2)11-7-5-6-8-12-20/h9-10,14H,3-8,11-13H2,1-2H3,(H,22,23). The van der Waals surface area contributed by atoms with Gasteiger partial charge in [0.15, 0.2) is 0 Å². The minimum absolute atomic E-state index is 0.109. The van der Waals surface area contributed by atoms with Gasteiger partial charge >= 0.3 is 0 Å². The molecule has 1 aromatic rings. The lowest BCUT2D eigenvalue weighted by Gasteiger charge is -2.31. The first-order valence-electron chi connectivity index (χ1n) is 9.27. The summed E-state index contributed by atoms with van der Waals surface area (Å²) in [7, 11) is 0. The summed E-state index contributed by atoms with van der Waals surface area (Å²) in [5.41, 5.74) is 0.279. The molecule has 5 nitrogen and oxygen atoms in total. The van der Waals surface area contributed by atoms with Crippen LogP contribution < -0.4 is 10.1 Å². The van der Waals surface area contributed by atoms with Crippen LogP contribution in [0.5, 0.6) is 5.75 Å². The van der Waals surface area contributed by atoms with E-state index in [4.69, 9.17) is 9.47 Å². The summed E-state index contributed by atoms with van der Waals surface area (Å²) in [5.74, 6) is 0.443. The van der Waals surface area contributed by atoms with E-state index < -0.39 is 5.60 Å². The fourth-order valence-electron chi connectivity index (χ4n) is 3.29. The van der Waals surface area contributed by atoms with Gasteiger partial charge in [-0.15, -0.1) is 0 Å². The molecule has 0 atom stereocenters. The monoisotopic (exact) mass is 344 g/mol. The van der Waals surface area contributed by atoms with Crippen molar-refractivity contribution < 1.29 is 14.3 Å². The van der Waals surface area contributed by atoms with Gasteiger partial charge in [-0.1, -0.05) is 32.6 Å². The number of carbonyl (C=O) groups excluding carboxylic acids is 1. The van der Waals surface area contributed by atoms with Crippen LogP contribution in [-0.4, -0.2) is 24.7 Å². The first kappa shape index (κ1) is 19.3. The van der Waals surface area contributed by atoms with E-state index in [1.54, 1.807) is 18.2 Å². The van der Waals surface area contributed by atoms with Gasteiger partial charge in [-0.25, -0.2) is 0 Å². The van der Waals surface area contributed by atoms with Crippen molar-refractivity contribution in [3.8, 4) is 11.8 Å². The molecule has 1 fully saturated rings. The number of nitrogens with zero attached hydrogens (tertiary/aromatic N) is 1. The summed E-state index contributed by atoms with van der Waals surface area (Å²) in [4.78, 5) is 12.9. The molecule has 0 unspecified atom stereocenters. The lowest BCUT2D eigenvalue weighted by Crippen LogP contribution is -2.45. The molecule has 0 spiro atoms. The Balaban J connectivity index is 2.16. The number of hydrogen-bond acceptors (Lipinski definition) is 4. The fraction of sp³-hybridized carbons (Fsp3) is 0.600. The van der Waals surface area contributed by atoms with Gasteiger partial charge < -0.3 is 14.8 Å². The number of nitrogens with one attached hydrogen (secondary N) is 1. The van der Waals surface area contributed by atoms with Crippen LogP contribution in [0.4, 0.5) is 5.69 Å². The minimum Gasteiger partial charge on any atom is -0.492 e. The Bertz CT molecular complexity index is 614. The molecule has 1 aromatic carbocycles. The van der Waals surface area contributed by atoms with Gasteiger partial charge in [0.25, 0.3) is 5.91 Å². The van der Waals surface area contributed by atoms with Gasteiger partial charge in [0.2, 0.25) is 0 Å². The summed E-state index contributed by atoms with van der Waals surface area (Å²) in [6.07, 6.45) is 6.65. The highest BCUT2D eigenvalue weighted by molar-refractivity contribution is 5.97. The second kappa shape index (κ2) is 9.43. The van der Waals surface area contributed by atoms with Gasteiger partial charge in [-0.05, 0) is 44.4 Å². The molecule has 1 aliphatic carbocycles. The lowest BCUT2D eigenvalue weighted by atomic mass is 9.92. The van der Waals surface area contributed by atoms with Crippen LogP contribution in [0.3, 0.4) is 0 Å². The van der Waals surface area contributed by atoms with Crippen LogP contribution in [-0.2, 0) is 9.53 Å². The van der Waals surface area contributed by atoms with Crippen molar-refractivity contribution in [2.24, 2.45) is 0 Å². The largest absolute Gasteiger partial charge is 0.492 e. The van der Waals surface area contributed by atoms with E-state index in [1.165, 1.54) is 0 Å². The Morgan fingerprint density at radius 3 is 2.56 bits per heavy atom. The summed E-state index contributed by atoms with van der Waals surface area (Å²) in [5, 5.41) is 12.3. The molecule has 1 N–H and O–H groups in total. The van der Waals surface area contributed by atoms with E-state index in [0.29, 0.717) is 30.2 Å². The molecular formula is C20H28N2O3. The molecule has 1 amide bonds. The molecule has 0 bridgehead atoms. The number of rotatable bonds is 7. The molecule has 25 heavy (non-hydrogen) atoms. The predicted octanol–water partition coefficient (Wildman–Crippen LogP) is 4.42. The molecule has 0 radical (unpaired) electrons. The van der Waals surface area contributed by atoms with E-state index in [-0.39, 0.29) is 5.91 Å². The van der Waals surface area contributed by atoms with Gasteiger partial charge in [-0.2, -0.15) is 5.26 Å². The maximum atomic E-state index is 12.9. The average Bonchev–Trinajstić information content (AvgIpc) is 2.87. The topological polar surface area (TPSA) is 71.3 Å². The fourth-order valence-corrected chi connectivity index (χ4v) is 3.29. The van der Waals surface area contributed by atoms with Gasteiger partial charge in [-0.3, -0.25) is 4.79 Å². The lowest BCUT2D eigenvalue weighted by molar-refractivity contribution is -0.143. The smallest absolute Gasteiger partial charge is 0.256 e. The third-order valence-electron chi connectivity index (χ3n) is 4.57. The van der Waals surface area contributed by atoms with Crippen LogP contribution in [0.1, 0.15) is 64.4 Å². The Morgan fingerprint density at radius 1 is 1.24 bits per heavy atom. The highest BCUT2D eigenvalue weighted by Crippen LogP contribution is 2.32. The predicted molar refractivity (Wildman–Crippen MR) is 97.6 cm³/mol. The molecule has 0 saturated heterocycles. The molecule has 0 heterocycles. The van der Waals surface area contributed by atoms with E-state index in [0.717, 1.165) is 44.9 Å². The van der Waals surface area contributed by atoms with Crippen LogP contribution in [0.15, 0.2) is 18.2 Å². The number of hydrogen-bond donors (Lipinski definition) is 1. The van der Waals surface area contributed by atoms with Crippen molar-refractivity contribution in [1.82, 2.24) is 0 Å². The Morgan fingerprint density at radius 2 is 1.96 bits per heavy atom. The molecule has 136 valence electrons. The van der Waals surface area contributed by atoms with E-state index in [9.17, 15) is 10.1 Å². The van der Waals surface area contributed by atoms with E-state index >= 15 is 0 Å². The number of anilines is 1. The Kier molecular flexibility index (Phi) is 7.27. The van der Waals surface area contributed by atoms with Crippen molar-refractivity contribution in [1.29, 1.82) is 5.26 Å². The quantitative estimate of drug-likeness (QED) is 0.744. The van der Waals surface area contributed by atoms with Crippen molar-refractivity contribution in [2.45, 2.75) is 64.4 Å². The zero-order valence-electron chi connectivity index (χ0n) is 15.3. The van der Waals surface area contributed by atoms with Crippen molar-refractivity contribution in [3.05, 3.63) is 23.8 Å². The van der Waals surface area contributed by atoms with Crippen LogP contribution >= 0.6 is 0 Å². The maximum absolute atomic E-state index is 12.9. The molecule has 0 aromatic heterocycles. The number of carbonyl (C=O) groups is 1. The van der Waals surface area contributed by atoms with Crippen LogP contribution in [0, 0.1) is 11.3 Å². The summed E-state index contributed by atoms with van der Waals surface area (Å²) >= 11 is 0. The molecular weight excluding hydrogens is 316 g/mol. The molecule has 1 aliphatic rings. The zero-order chi connectivity index (χ0) is 18.1. The molecule has 0 aliphatic heterocycles. The highest BCUT2D eigenvalue weighted by Gasteiger charge is 2.39. The number of amides is 1. The van der Waals surface area contributed by atoms with Crippen molar-refractivity contribution in [3.63, 3.8) is 0 Å². The van der Waals surface area contributed by atoms with Crippen LogP contribution in [0.25, 0.3) is 0 Å². The molecule has 5 heteroatoms. The maximum Gasteiger partial charge on any atom is 0.256 e. The number of nitriles is 1. The summed E-state index contributed by atoms with van der Waals surface area (Å²) in [6, 6.07) is 7.32. The SMILES string of the molecule is CCCOc1ccc(NC(=O)C2(OCC)CCCCCC2)cc1C#N. The highest BCUT2D eigenvalue weighted by atomic mass is 16.5. The normalized spacial score (nSPS) is 16.5. The van der Waals surface area contributed by atoms with Crippen molar-refractivity contribution >= 4 is 11.6 Å². The first-order chi connectivity index (χ1) is 12.1. The first-order valence-corrected chi connectivity index (χ1v) is 9.27. The third-order valence-corrected chi connectivity index (χ3v) is 4.57. The Hall–Kier alpha value is -2.06. The minimum atomic E-state index is -0.755. The second-order valence-electron chi connectivity index (χ2n) is 6.47.